The molecule has 0 spiro atoms. The minimum Gasteiger partial charge on any atom is -0.309 e. The van der Waals surface area contributed by atoms with Gasteiger partial charge in [-0.05, 0) is 50.8 Å². The van der Waals surface area contributed by atoms with Gasteiger partial charge in [0, 0.05) is 19.1 Å². The minimum absolute atomic E-state index is 0.216. The van der Waals surface area contributed by atoms with E-state index in [1.165, 1.54) is 25.2 Å². The molecule has 0 amide bonds. The molecule has 3 unspecified atom stereocenters. The van der Waals surface area contributed by atoms with Crippen LogP contribution in [0.25, 0.3) is 0 Å². The van der Waals surface area contributed by atoms with Crippen LogP contribution in [0.15, 0.2) is 18.3 Å². The molecule has 0 aliphatic carbocycles. The van der Waals surface area contributed by atoms with Crippen molar-refractivity contribution in [2.24, 2.45) is 5.92 Å². The molecule has 4 heteroatoms. The van der Waals surface area contributed by atoms with Crippen LogP contribution < -0.4 is 5.32 Å². The molecule has 0 aromatic carbocycles. The van der Waals surface area contributed by atoms with E-state index in [2.05, 4.69) is 36.0 Å². The highest BCUT2D eigenvalue weighted by Gasteiger charge is 2.26. The molecule has 3 nitrogen and oxygen atoms in total. The number of rotatable bonds is 7. The number of halogens is 1. The van der Waals surface area contributed by atoms with E-state index in [4.69, 9.17) is 0 Å². The zero-order valence-corrected chi connectivity index (χ0v) is 13.5. The van der Waals surface area contributed by atoms with Crippen molar-refractivity contribution >= 4 is 0 Å². The number of aromatic nitrogens is 1. The van der Waals surface area contributed by atoms with Gasteiger partial charge in [0.15, 0.2) is 0 Å². The molecule has 3 atom stereocenters. The molecule has 2 rings (SSSR count). The lowest BCUT2D eigenvalue weighted by Gasteiger charge is -2.25. The lowest BCUT2D eigenvalue weighted by Crippen LogP contribution is -2.32. The Morgan fingerprint density at radius 2 is 2.24 bits per heavy atom. The Bertz CT molecular complexity index is 421. The fraction of sp³-hybridized carbons (Fsp3) is 0.706. The first-order chi connectivity index (χ1) is 10.1. The van der Waals surface area contributed by atoms with E-state index in [-0.39, 0.29) is 11.9 Å². The third-order valence-electron chi connectivity index (χ3n) is 4.37. The van der Waals surface area contributed by atoms with Crippen molar-refractivity contribution in [3.05, 3.63) is 29.8 Å². The molecule has 0 bridgehead atoms. The van der Waals surface area contributed by atoms with E-state index in [1.54, 1.807) is 6.07 Å². The van der Waals surface area contributed by atoms with Gasteiger partial charge < -0.3 is 10.2 Å². The van der Waals surface area contributed by atoms with Gasteiger partial charge in [-0.1, -0.05) is 13.8 Å². The molecule has 1 aliphatic heterocycles. The van der Waals surface area contributed by atoms with Crippen LogP contribution in [0.4, 0.5) is 4.39 Å². The standard InChI is InChI=1S/C17H28FN3/c1-4-8-19-17(16-6-5-15(18)11-20-16)7-9-21-12-13(2)10-14(21)3/h5-6,11,13-14,17,19H,4,7-10,12H2,1-3H3. The average Bonchev–Trinajstić information content (AvgIpc) is 2.78. The molecule has 1 aliphatic rings. The van der Waals surface area contributed by atoms with Crippen molar-refractivity contribution in [2.45, 2.75) is 52.1 Å². The maximum atomic E-state index is 13.0. The Kier molecular flexibility index (Phi) is 6.12. The van der Waals surface area contributed by atoms with E-state index in [0.29, 0.717) is 6.04 Å². The molecule has 1 aromatic rings. The number of likely N-dealkylation sites (tertiary alicyclic amines) is 1. The van der Waals surface area contributed by atoms with E-state index < -0.39 is 0 Å². The Morgan fingerprint density at radius 3 is 2.81 bits per heavy atom. The summed E-state index contributed by atoms with van der Waals surface area (Å²) in [6, 6.07) is 4.20. The second-order valence-corrected chi connectivity index (χ2v) is 6.38. The summed E-state index contributed by atoms with van der Waals surface area (Å²) in [6.07, 6.45) is 4.73. The van der Waals surface area contributed by atoms with Gasteiger partial charge in [0.2, 0.25) is 0 Å². The van der Waals surface area contributed by atoms with Crippen LogP contribution in [0.3, 0.4) is 0 Å². The van der Waals surface area contributed by atoms with Gasteiger partial charge in [0.1, 0.15) is 5.82 Å². The van der Waals surface area contributed by atoms with Gasteiger partial charge in [-0.3, -0.25) is 4.98 Å². The van der Waals surface area contributed by atoms with Gasteiger partial charge in [-0.15, -0.1) is 0 Å². The van der Waals surface area contributed by atoms with Crippen molar-refractivity contribution in [1.29, 1.82) is 0 Å². The van der Waals surface area contributed by atoms with Crippen LogP contribution in [0.2, 0.25) is 0 Å². The fourth-order valence-electron chi connectivity index (χ4n) is 3.26. The van der Waals surface area contributed by atoms with Gasteiger partial charge in [0.05, 0.1) is 17.9 Å². The molecule has 1 saturated heterocycles. The molecule has 1 aromatic heterocycles. The quantitative estimate of drug-likeness (QED) is 0.835. The number of hydrogen-bond donors (Lipinski definition) is 1. The zero-order valence-electron chi connectivity index (χ0n) is 13.5. The summed E-state index contributed by atoms with van der Waals surface area (Å²) in [5, 5.41) is 3.54. The topological polar surface area (TPSA) is 28.2 Å². The van der Waals surface area contributed by atoms with Gasteiger partial charge in [-0.25, -0.2) is 4.39 Å². The molecule has 1 N–H and O–H groups in total. The number of nitrogens with zero attached hydrogens (tertiary/aromatic N) is 2. The van der Waals surface area contributed by atoms with Crippen molar-refractivity contribution < 1.29 is 4.39 Å². The van der Waals surface area contributed by atoms with E-state index >= 15 is 0 Å². The first kappa shape index (κ1) is 16.4. The zero-order chi connectivity index (χ0) is 15.2. The Labute approximate surface area is 127 Å². The summed E-state index contributed by atoms with van der Waals surface area (Å²) in [7, 11) is 0. The normalized spacial score (nSPS) is 24.4. The molecule has 0 radical (unpaired) electrons. The third kappa shape index (κ3) is 4.75. The molecule has 118 valence electrons. The smallest absolute Gasteiger partial charge is 0.141 e. The van der Waals surface area contributed by atoms with Crippen molar-refractivity contribution in [2.75, 3.05) is 19.6 Å². The maximum absolute atomic E-state index is 13.0. The number of hydrogen-bond acceptors (Lipinski definition) is 3. The monoisotopic (exact) mass is 293 g/mol. The van der Waals surface area contributed by atoms with E-state index in [0.717, 1.165) is 37.5 Å². The highest BCUT2D eigenvalue weighted by molar-refractivity contribution is 5.10. The van der Waals surface area contributed by atoms with Crippen LogP contribution in [-0.2, 0) is 0 Å². The molecule has 21 heavy (non-hydrogen) atoms. The number of nitrogens with one attached hydrogen (secondary N) is 1. The second kappa shape index (κ2) is 7.85. The predicted octanol–water partition coefficient (Wildman–Crippen LogP) is 3.38. The van der Waals surface area contributed by atoms with Crippen LogP contribution in [0.5, 0.6) is 0 Å². The van der Waals surface area contributed by atoms with Crippen LogP contribution in [0, 0.1) is 11.7 Å². The highest BCUT2D eigenvalue weighted by Crippen LogP contribution is 2.24. The molecule has 1 fully saturated rings. The molecular weight excluding hydrogens is 265 g/mol. The van der Waals surface area contributed by atoms with Crippen molar-refractivity contribution in [3.8, 4) is 0 Å². The summed E-state index contributed by atoms with van der Waals surface area (Å²) in [5.74, 6) is 0.529. The number of pyridine rings is 1. The summed E-state index contributed by atoms with van der Waals surface area (Å²) < 4.78 is 13.0. The molecule has 0 saturated carbocycles. The lowest BCUT2D eigenvalue weighted by atomic mass is 10.1. The summed E-state index contributed by atoms with van der Waals surface area (Å²) >= 11 is 0. The van der Waals surface area contributed by atoms with Crippen molar-refractivity contribution in [1.82, 2.24) is 15.2 Å². The molecular formula is C17H28FN3. The van der Waals surface area contributed by atoms with Crippen LogP contribution in [-0.4, -0.2) is 35.6 Å². The predicted molar refractivity (Wildman–Crippen MR) is 84.7 cm³/mol. The van der Waals surface area contributed by atoms with Gasteiger partial charge in [0.25, 0.3) is 0 Å². The molecule has 2 heterocycles. The van der Waals surface area contributed by atoms with E-state index in [9.17, 15) is 4.39 Å². The lowest BCUT2D eigenvalue weighted by molar-refractivity contribution is 0.247. The average molecular weight is 293 g/mol. The van der Waals surface area contributed by atoms with Crippen LogP contribution >= 0.6 is 0 Å². The summed E-state index contributed by atoms with van der Waals surface area (Å²) in [4.78, 5) is 6.82. The SMILES string of the molecule is CCCNC(CCN1CC(C)CC1C)c1ccc(F)cn1. The first-order valence-electron chi connectivity index (χ1n) is 8.19. The maximum Gasteiger partial charge on any atom is 0.141 e. The van der Waals surface area contributed by atoms with Gasteiger partial charge in [-0.2, -0.15) is 0 Å². The fourth-order valence-corrected chi connectivity index (χ4v) is 3.26. The Balaban J connectivity index is 1.94. The highest BCUT2D eigenvalue weighted by atomic mass is 19.1. The first-order valence-corrected chi connectivity index (χ1v) is 8.19. The third-order valence-corrected chi connectivity index (χ3v) is 4.37. The summed E-state index contributed by atoms with van der Waals surface area (Å²) in [5.41, 5.74) is 0.949. The largest absolute Gasteiger partial charge is 0.309 e. The van der Waals surface area contributed by atoms with Gasteiger partial charge >= 0.3 is 0 Å². The van der Waals surface area contributed by atoms with Crippen LogP contribution in [0.1, 0.15) is 51.8 Å². The Hall–Kier alpha value is -1.00. The summed E-state index contributed by atoms with van der Waals surface area (Å²) in [6.45, 7) is 10.0. The minimum atomic E-state index is -0.269. The van der Waals surface area contributed by atoms with E-state index in [1.807, 2.05) is 0 Å². The van der Waals surface area contributed by atoms with Crippen molar-refractivity contribution in [3.63, 3.8) is 0 Å². The second-order valence-electron chi connectivity index (χ2n) is 6.38. The Morgan fingerprint density at radius 1 is 1.43 bits per heavy atom.